The quantitative estimate of drug-likeness (QED) is 0.873. The summed E-state index contributed by atoms with van der Waals surface area (Å²) in [6, 6.07) is 8.60. The third kappa shape index (κ3) is 3.09. The van der Waals surface area contributed by atoms with Gasteiger partial charge in [0.1, 0.15) is 5.75 Å². The van der Waals surface area contributed by atoms with Crippen LogP contribution in [0.3, 0.4) is 0 Å². The fourth-order valence-corrected chi connectivity index (χ4v) is 3.93. The molecule has 118 valence electrons. The molecule has 0 saturated carbocycles. The lowest BCUT2D eigenvalue weighted by Gasteiger charge is -2.45. The molecular weight excluding hydrogens is 260 g/mol. The van der Waals surface area contributed by atoms with Gasteiger partial charge in [0.05, 0.1) is 6.61 Å². The molecule has 0 fully saturated rings. The summed E-state index contributed by atoms with van der Waals surface area (Å²) in [5, 5.41) is 0. The Balaban J connectivity index is 2.18. The number of likely N-dealkylation sites (N-methyl/N-ethyl adjacent to an activating group) is 1. The Morgan fingerprint density at radius 3 is 2.57 bits per heavy atom. The molecule has 3 nitrogen and oxygen atoms in total. The topological polar surface area (TPSA) is 38.5 Å². The van der Waals surface area contributed by atoms with Crippen LogP contribution in [0, 0.1) is 0 Å². The lowest BCUT2D eigenvalue weighted by atomic mass is 9.77. The van der Waals surface area contributed by atoms with Crippen LogP contribution in [-0.4, -0.2) is 37.2 Å². The Hall–Kier alpha value is -1.06. The largest absolute Gasteiger partial charge is 0.493 e. The highest BCUT2D eigenvalue weighted by molar-refractivity contribution is 5.37. The predicted molar refractivity (Wildman–Crippen MR) is 88.9 cm³/mol. The van der Waals surface area contributed by atoms with Gasteiger partial charge in [0, 0.05) is 11.6 Å². The van der Waals surface area contributed by atoms with E-state index < -0.39 is 0 Å². The molecule has 2 unspecified atom stereocenters. The summed E-state index contributed by atoms with van der Waals surface area (Å²) < 4.78 is 5.77. The molecule has 0 saturated heterocycles. The van der Waals surface area contributed by atoms with Crippen molar-refractivity contribution in [1.82, 2.24) is 4.90 Å². The minimum Gasteiger partial charge on any atom is -0.493 e. The Bertz CT molecular complexity index is 454. The number of benzene rings is 1. The van der Waals surface area contributed by atoms with E-state index in [4.69, 9.17) is 10.5 Å². The Kier molecular flexibility index (Phi) is 5.28. The molecule has 1 aromatic carbocycles. The second kappa shape index (κ2) is 6.80. The van der Waals surface area contributed by atoms with Crippen LogP contribution in [0.25, 0.3) is 0 Å². The van der Waals surface area contributed by atoms with Gasteiger partial charge >= 0.3 is 0 Å². The van der Waals surface area contributed by atoms with Gasteiger partial charge in [-0.1, -0.05) is 32.0 Å². The van der Waals surface area contributed by atoms with Crippen molar-refractivity contribution >= 4 is 0 Å². The van der Waals surface area contributed by atoms with E-state index in [-0.39, 0.29) is 11.6 Å². The van der Waals surface area contributed by atoms with Gasteiger partial charge in [-0.15, -0.1) is 0 Å². The van der Waals surface area contributed by atoms with E-state index in [0.29, 0.717) is 5.92 Å². The van der Waals surface area contributed by atoms with Crippen molar-refractivity contribution in [1.29, 1.82) is 0 Å². The number of nitrogens with zero attached hydrogens (tertiary/aromatic N) is 1. The van der Waals surface area contributed by atoms with Gasteiger partial charge in [-0.2, -0.15) is 0 Å². The normalized spacial score (nSPS) is 20.0. The van der Waals surface area contributed by atoms with Crippen molar-refractivity contribution in [2.45, 2.75) is 57.0 Å². The molecule has 2 atom stereocenters. The number of fused-ring (bicyclic) bond motifs is 1. The van der Waals surface area contributed by atoms with Crippen LogP contribution in [0.15, 0.2) is 24.3 Å². The molecule has 0 bridgehead atoms. The van der Waals surface area contributed by atoms with Crippen LogP contribution < -0.4 is 10.5 Å². The molecule has 21 heavy (non-hydrogen) atoms. The van der Waals surface area contributed by atoms with E-state index in [2.05, 4.69) is 51.0 Å². The molecule has 1 aliphatic rings. The summed E-state index contributed by atoms with van der Waals surface area (Å²) in [6.07, 6.45) is 4.27. The minimum absolute atomic E-state index is 0.0905. The smallest absolute Gasteiger partial charge is 0.122 e. The van der Waals surface area contributed by atoms with Gasteiger partial charge in [-0.25, -0.2) is 0 Å². The minimum atomic E-state index is 0.0905. The van der Waals surface area contributed by atoms with Crippen LogP contribution in [-0.2, 0) is 0 Å². The molecule has 2 N–H and O–H groups in total. The molecule has 0 radical (unpaired) electrons. The third-order valence-corrected chi connectivity index (χ3v) is 5.43. The lowest BCUT2D eigenvalue weighted by Crippen LogP contribution is -2.57. The molecule has 0 spiro atoms. The number of para-hydroxylation sites is 1. The maximum Gasteiger partial charge on any atom is 0.122 e. The van der Waals surface area contributed by atoms with Gasteiger partial charge < -0.3 is 15.4 Å². The van der Waals surface area contributed by atoms with E-state index in [1.165, 1.54) is 5.56 Å². The Labute approximate surface area is 129 Å². The molecule has 0 aliphatic carbocycles. The fraction of sp³-hybridized carbons (Fsp3) is 0.667. The van der Waals surface area contributed by atoms with E-state index in [0.717, 1.165) is 38.0 Å². The first-order valence-electron chi connectivity index (χ1n) is 8.19. The van der Waals surface area contributed by atoms with Crippen molar-refractivity contribution in [3.63, 3.8) is 0 Å². The second-order valence-corrected chi connectivity index (χ2v) is 6.42. The summed E-state index contributed by atoms with van der Waals surface area (Å²) in [5.74, 6) is 1.56. The Morgan fingerprint density at radius 1 is 1.29 bits per heavy atom. The van der Waals surface area contributed by atoms with Crippen LogP contribution >= 0.6 is 0 Å². The maximum atomic E-state index is 6.68. The summed E-state index contributed by atoms with van der Waals surface area (Å²) in [4.78, 5) is 2.32. The monoisotopic (exact) mass is 290 g/mol. The number of ether oxygens (including phenoxy) is 1. The summed E-state index contributed by atoms with van der Waals surface area (Å²) in [7, 11) is 4.32. The first kappa shape index (κ1) is 16.3. The van der Waals surface area contributed by atoms with Crippen LogP contribution in [0.5, 0.6) is 5.75 Å². The summed E-state index contributed by atoms with van der Waals surface area (Å²) in [6.45, 7) is 5.31. The van der Waals surface area contributed by atoms with Gasteiger partial charge in [-0.05, 0) is 57.3 Å². The highest BCUT2D eigenvalue weighted by atomic mass is 16.5. The molecule has 1 heterocycles. The van der Waals surface area contributed by atoms with Crippen LogP contribution in [0.2, 0.25) is 0 Å². The zero-order valence-electron chi connectivity index (χ0n) is 13.9. The van der Waals surface area contributed by atoms with Crippen molar-refractivity contribution in [3.8, 4) is 5.75 Å². The molecule has 3 heteroatoms. The van der Waals surface area contributed by atoms with Crippen LogP contribution in [0.1, 0.15) is 51.0 Å². The molecule has 1 aromatic rings. The van der Waals surface area contributed by atoms with Crippen molar-refractivity contribution in [2.75, 3.05) is 20.7 Å². The van der Waals surface area contributed by atoms with Crippen LogP contribution in [0.4, 0.5) is 0 Å². The summed E-state index contributed by atoms with van der Waals surface area (Å²) >= 11 is 0. The number of hydrogen-bond donors (Lipinski definition) is 1. The standard InChI is InChI=1S/C18H30N2O/c1-5-18(6-2,20(3)4)17(19)13-14-11-12-21-16-10-8-7-9-15(14)16/h7-10,14,17H,5-6,11-13,19H2,1-4H3. The highest BCUT2D eigenvalue weighted by Gasteiger charge is 2.37. The van der Waals surface area contributed by atoms with Gasteiger partial charge in [0.15, 0.2) is 0 Å². The van der Waals surface area contributed by atoms with Gasteiger partial charge in [0.25, 0.3) is 0 Å². The first-order valence-corrected chi connectivity index (χ1v) is 8.19. The fourth-order valence-electron chi connectivity index (χ4n) is 3.93. The predicted octanol–water partition coefficient (Wildman–Crippen LogP) is 3.39. The van der Waals surface area contributed by atoms with Gasteiger partial charge in [0.2, 0.25) is 0 Å². The van der Waals surface area contributed by atoms with E-state index in [1.807, 2.05) is 6.07 Å². The molecular formula is C18H30N2O. The third-order valence-electron chi connectivity index (χ3n) is 5.43. The molecule has 1 aliphatic heterocycles. The zero-order chi connectivity index (χ0) is 15.5. The number of rotatable bonds is 6. The number of hydrogen-bond acceptors (Lipinski definition) is 3. The zero-order valence-corrected chi connectivity index (χ0v) is 13.9. The average molecular weight is 290 g/mol. The second-order valence-electron chi connectivity index (χ2n) is 6.42. The van der Waals surface area contributed by atoms with Crippen molar-refractivity contribution in [2.24, 2.45) is 5.73 Å². The van der Waals surface area contributed by atoms with E-state index in [1.54, 1.807) is 0 Å². The molecule has 2 rings (SSSR count). The first-order chi connectivity index (χ1) is 10.0. The van der Waals surface area contributed by atoms with Crippen molar-refractivity contribution < 1.29 is 4.74 Å². The maximum absolute atomic E-state index is 6.68. The van der Waals surface area contributed by atoms with E-state index >= 15 is 0 Å². The Morgan fingerprint density at radius 2 is 1.95 bits per heavy atom. The van der Waals surface area contributed by atoms with E-state index in [9.17, 15) is 0 Å². The lowest BCUT2D eigenvalue weighted by molar-refractivity contribution is 0.0954. The van der Waals surface area contributed by atoms with Gasteiger partial charge in [-0.3, -0.25) is 0 Å². The molecule has 0 amide bonds. The highest BCUT2D eigenvalue weighted by Crippen LogP contribution is 2.38. The SMILES string of the molecule is CCC(CC)(C(N)CC1CCOc2ccccc21)N(C)C. The summed E-state index contributed by atoms with van der Waals surface area (Å²) in [5.41, 5.74) is 8.10. The van der Waals surface area contributed by atoms with Crippen molar-refractivity contribution in [3.05, 3.63) is 29.8 Å². The number of nitrogens with two attached hydrogens (primary N) is 1. The average Bonchev–Trinajstić information content (AvgIpc) is 2.49. The molecule has 0 aromatic heterocycles.